The predicted molar refractivity (Wildman–Crippen MR) is 103 cm³/mol. The lowest BCUT2D eigenvalue weighted by atomic mass is 9.74. The van der Waals surface area contributed by atoms with Crippen LogP contribution in [0.4, 0.5) is 0 Å². The average molecular weight is 384 g/mol. The molecule has 2 atom stereocenters. The molecule has 1 aromatic rings. The molecule has 1 heterocycles. The highest BCUT2D eigenvalue weighted by Gasteiger charge is 2.43. The Kier molecular flexibility index (Phi) is 6.94. The number of esters is 2. The summed E-state index contributed by atoms with van der Waals surface area (Å²) < 4.78 is 15.7. The number of rotatable bonds is 6. The molecule has 0 N–H and O–H groups in total. The lowest BCUT2D eigenvalue weighted by molar-refractivity contribution is -0.146. The van der Waals surface area contributed by atoms with Crippen molar-refractivity contribution >= 4 is 17.7 Å². The zero-order valence-corrected chi connectivity index (χ0v) is 16.7. The molecular weight excluding hydrogens is 360 g/mol. The first-order valence-corrected chi connectivity index (χ1v) is 9.07. The number of hydrogen-bond acceptors (Lipinski definition) is 7. The summed E-state index contributed by atoms with van der Waals surface area (Å²) in [5, 5.41) is 9.67. The van der Waals surface area contributed by atoms with E-state index in [1.807, 2.05) is 0 Å². The van der Waals surface area contributed by atoms with Gasteiger partial charge in [0, 0.05) is 17.3 Å². The van der Waals surface area contributed by atoms with Crippen molar-refractivity contribution in [2.45, 2.75) is 33.6 Å². The van der Waals surface area contributed by atoms with Crippen LogP contribution in [0.2, 0.25) is 0 Å². The highest BCUT2D eigenvalue weighted by atomic mass is 16.5. The van der Waals surface area contributed by atoms with Crippen molar-refractivity contribution < 1.29 is 23.8 Å². The van der Waals surface area contributed by atoms with Gasteiger partial charge in [-0.25, -0.2) is 4.79 Å². The van der Waals surface area contributed by atoms with Crippen molar-refractivity contribution in [2.24, 2.45) is 10.9 Å². The molecule has 0 amide bonds. The van der Waals surface area contributed by atoms with Gasteiger partial charge in [0.2, 0.25) is 0 Å². The Hall–Kier alpha value is -3.14. The fourth-order valence-electron chi connectivity index (χ4n) is 3.41. The molecule has 0 bridgehead atoms. The largest absolute Gasteiger partial charge is 0.497 e. The summed E-state index contributed by atoms with van der Waals surface area (Å²) in [5.74, 6) is -2.12. The third-order valence-corrected chi connectivity index (χ3v) is 4.58. The molecule has 0 fully saturated rings. The van der Waals surface area contributed by atoms with Crippen LogP contribution in [0.3, 0.4) is 0 Å². The maximum absolute atomic E-state index is 12.8. The first kappa shape index (κ1) is 21.2. The van der Waals surface area contributed by atoms with E-state index in [0.29, 0.717) is 28.3 Å². The number of carbonyl (C=O) groups excluding carboxylic acids is 2. The molecule has 0 aromatic heterocycles. The highest BCUT2D eigenvalue weighted by molar-refractivity contribution is 6.07. The van der Waals surface area contributed by atoms with Crippen molar-refractivity contribution in [3.63, 3.8) is 0 Å². The number of nitriles is 1. The number of hydrogen-bond donors (Lipinski definition) is 0. The van der Waals surface area contributed by atoms with Crippen molar-refractivity contribution in [1.82, 2.24) is 0 Å². The van der Waals surface area contributed by atoms with Gasteiger partial charge in [-0.3, -0.25) is 9.79 Å². The second-order valence-electron chi connectivity index (χ2n) is 6.25. The summed E-state index contributed by atoms with van der Waals surface area (Å²) in [7, 11) is 1.50. The Morgan fingerprint density at radius 3 is 2.43 bits per heavy atom. The maximum atomic E-state index is 12.8. The third-order valence-electron chi connectivity index (χ3n) is 4.58. The van der Waals surface area contributed by atoms with E-state index in [9.17, 15) is 14.9 Å². The quantitative estimate of drug-likeness (QED) is 0.699. The molecule has 0 aliphatic carbocycles. The number of benzene rings is 1. The summed E-state index contributed by atoms with van der Waals surface area (Å²) in [4.78, 5) is 29.9. The Balaban J connectivity index is 2.73. The summed E-state index contributed by atoms with van der Waals surface area (Å²) >= 11 is 0. The zero-order valence-electron chi connectivity index (χ0n) is 16.7. The highest BCUT2D eigenvalue weighted by Crippen LogP contribution is 2.42. The first-order valence-electron chi connectivity index (χ1n) is 9.07. The molecule has 2 rings (SSSR count). The number of nitrogens with zero attached hydrogens (tertiary/aromatic N) is 2. The van der Waals surface area contributed by atoms with Gasteiger partial charge in [-0.15, -0.1) is 0 Å². The minimum Gasteiger partial charge on any atom is -0.497 e. The standard InChI is InChI=1S/C21H24N2O5/c1-6-27-20(24)17-12(3)23-13(4)18(21(25)28-7-2)19(17)16-9-8-15(26-5)10-14(16)11-22/h8-10,17,19H,6-7H2,1-5H3. The number of ether oxygens (including phenoxy) is 3. The minimum absolute atomic E-state index is 0.183. The van der Waals surface area contributed by atoms with Crippen molar-refractivity contribution in [2.75, 3.05) is 20.3 Å². The Morgan fingerprint density at radius 1 is 1.18 bits per heavy atom. The van der Waals surface area contributed by atoms with Gasteiger partial charge in [-0.2, -0.15) is 5.26 Å². The van der Waals surface area contributed by atoms with E-state index >= 15 is 0 Å². The molecule has 2 unspecified atom stereocenters. The third kappa shape index (κ3) is 4.06. The normalized spacial score (nSPS) is 18.8. The molecule has 148 valence electrons. The predicted octanol–water partition coefficient (Wildman–Crippen LogP) is 3.14. The molecule has 7 heteroatoms. The average Bonchev–Trinajstić information content (AvgIpc) is 2.67. The van der Waals surface area contributed by atoms with E-state index in [2.05, 4.69) is 11.1 Å². The van der Waals surface area contributed by atoms with Gasteiger partial charge in [-0.1, -0.05) is 6.07 Å². The summed E-state index contributed by atoms with van der Waals surface area (Å²) in [5.41, 5.74) is 2.07. The zero-order chi connectivity index (χ0) is 20.8. The van der Waals surface area contributed by atoms with Crippen molar-refractivity contribution in [3.05, 3.63) is 40.6 Å². The minimum atomic E-state index is -0.830. The molecule has 0 saturated heterocycles. The van der Waals surface area contributed by atoms with Crippen LogP contribution in [0.15, 0.2) is 34.5 Å². The number of carbonyl (C=O) groups is 2. The second-order valence-corrected chi connectivity index (χ2v) is 6.25. The summed E-state index contributed by atoms with van der Waals surface area (Å²) in [6.45, 7) is 7.21. The van der Waals surface area contributed by atoms with E-state index < -0.39 is 23.8 Å². The van der Waals surface area contributed by atoms with Gasteiger partial charge < -0.3 is 14.2 Å². The van der Waals surface area contributed by atoms with Crippen LogP contribution in [0.1, 0.15) is 44.7 Å². The SMILES string of the molecule is CCOC(=O)C1=C(C)N=C(C)C(C(=O)OCC)C1c1ccc(OC)cc1C#N. The van der Waals surface area contributed by atoms with Gasteiger partial charge >= 0.3 is 11.9 Å². The van der Waals surface area contributed by atoms with Crippen LogP contribution in [-0.4, -0.2) is 38.0 Å². The molecule has 0 radical (unpaired) electrons. The molecule has 0 spiro atoms. The van der Waals surface area contributed by atoms with Crippen molar-refractivity contribution in [1.29, 1.82) is 5.26 Å². The number of methoxy groups -OCH3 is 1. The molecule has 7 nitrogen and oxygen atoms in total. The van der Waals surface area contributed by atoms with Crippen LogP contribution in [0.5, 0.6) is 5.75 Å². The van der Waals surface area contributed by atoms with Gasteiger partial charge in [0.1, 0.15) is 11.7 Å². The Bertz CT molecular complexity index is 879. The van der Waals surface area contributed by atoms with Gasteiger partial charge in [-0.05, 0) is 45.4 Å². The fraction of sp³-hybridized carbons (Fsp3) is 0.429. The lowest BCUT2D eigenvalue weighted by Crippen LogP contribution is -2.37. The number of aliphatic imine (C=N–C) groups is 1. The topological polar surface area (TPSA) is 98.0 Å². The van der Waals surface area contributed by atoms with Gasteiger partial charge in [0.15, 0.2) is 0 Å². The van der Waals surface area contributed by atoms with Crippen molar-refractivity contribution in [3.8, 4) is 11.8 Å². The van der Waals surface area contributed by atoms with Crippen LogP contribution < -0.4 is 4.74 Å². The molecule has 1 aromatic carbocycles. The summed E-state index contributed by atoms with van der Waals surface area (Å²) in [6, 6.07) is 7.10. The number of allylic oxidation sites excluding steroid dienone is 1. The van der Waals surface area contributed by atoms with Crippen LogP contribution in [0, 0.1) is 17.2 Å². The van der Waals surface area contributed by atoms with E-state index in [1.54, 1.807) is 45.9 Å². The van der Waals surface area contributed by atoms with Crippen LogP contribution >= 0.6 is 0 Å². The molecule has 28 heavy (non-hydrogen) atoms. The first-order chi connectivity index (χ1) is 13.4. The fourth-order valence-corrected chi connectivity index (χ4v) is 3.41. The second kappa shape index (κ2) is 9.18. The van der Waals surface area contributed by atoms with Gasteiger partial charge in [0.25, 0.3) is 0 Å². The van der Waals surface area contributed by atoms with E-state index in [0.717, 1.165) is 0 Å². The van der Waals surface area contributed by atoms with Crippen LogP contribution in [0.25, 0.3) is 0 Å². The monoisotopic (exact) mass is 384 g/mol. The van der Waals surface area contributed by atoms with E-state index in [-0.39, 0.29) is 18.8 Å². The smallest absolute Gasteiger partial charge is 0.336 e. The lowest BCUT2D eigenvalue weighted by Gasteiger charge is -2.32. The van der Waals surface area contributed by atoms with Gasteiger partial charge in [0.05, 0.1) is 37.5 Å². The van der Waals surface area contributed by atoms with E-state index in [4.69, 9.17) is 14.2 Å². The van der Waals surface area contributed by atoms with Crippen LogP contribution in [-0.2, 0) is 19.1 Å². The molecule has 1 aliphatic rings. The Morgan fingerprint density at radius 2 is 1.86 bits per heavy atom. The maximum Gasteiger partial charge on any atom is 0.336 e. The molecular formula is C21H24N2O5. The molecule has 1 aliphatic heterocycles. The Labute approximate surface area is 164 Å². The summed E-state index contributed by atoms with van der Waals surface area (Å²) in [6.07, 6.45) is 0. The van der Waals surface area contributed by atoms with E-state index in [1.165, 1.54) is 7.11 Å². The molecule has 0 saturated carbocycles.